The van der Waals surface area contributed by atoms with Crippen LogP contribution in [-0.4, -0.2) is 11.5 Å². The fourth-order valence-electron chi connectivity index (χ4n) is 2.30. The van der Waals surface area contributed by atoms with Gasteiger partial charge in [0.1, 0.15) is 6.07 Å². The van der Waals surface area contributed by atoms with Crippen LogP contribution < -0.4 is 10.6 Å². The summed E-state index contributed by atoms with van der Waals surface area (Å²) in [7, 11) is 0. The number of nitrogens with zero attached hydrogens (tertiary/aromatic N) is 2. The minimum atomic E-state index is 0.603. The number of aryl methyl sites for hydroxylation is 1. The maximum absolute atomic E-state index is 9.06. The van der Waals surface area contributed by atoms with Crippen molar-refractivity contribution in [2.75, 3.05) is 17.2 Å². The van der Waals surface area contributed by atoms with Crippen LogP contribution in [0.25, 0.3) is 0 Å². The first-order valence-electron chi connectivity index (χ1n) is 6.35. The number of benzene rings is 1. The molecule has 0 aliphatic carbocycles. The number of pyridine rings is 1. The molecular weight excluding hydrogens is 236 g/mol. The third kappa shape index (κ3) is 2.36. The van der Waals surface area contributed by atoms with Gasteiger partial charge >= 0.3 is 0 Å². The Morgan fingerprint density at radius 1 is 1.32 bits per heavy atom. The van der Waals surface area contributed by atoms with Crippen molar-refractivity contribution in [3.8, 4) is 6.07 Å². The summed E-state index contributed by atoms with van der Waals surface area (Å²) in [6.07, 6.45) is 5.56. The molecule has 0 saturated heterocycles. The van der Waals surface area contributed by atoms with Gasteiger partial charge in [-0.25, -0.2) is 0 Å². The Morgan fingerprint density at radius 3 is 3.16 bits per heavy atom. The summed E-state index contributed by atoms with van der Waals surface area (Å²) >= 11 is 0. The van der Waals surface area contributed by atoms with Crippen molar-refractivity contribution < 1.29 is 0 Å². The highest BCUT2D eigenvalue weighted by molar-refractivity contribution is 5.69. The number of nitrogens with one attached hydrogen (secondary N) is 2. The zero-order valence-corrected chi connectivity index (χ0v) is 10.5. The molecule has 3 rings (SSSR count). The van der Waals surface area contributed by atoms with Crippen LogP contribution in [0.1, 0.15) is 17.5 Å². The molecule has 0 saturated carbocycles. The molecule has 0 radical (unpaired) electrons. The van der Waals surface area contributed by atoms with Crippen LogP contribution in [0.5, 0.6) is 0 Å². The van der Waals surface area contributed by atoms with Gasteiger partial charge in [-0.05, 0) is 42.7 Å². The number of anilines is 3. The summed E-state index contributed by atoms with van der Waals surface area (Å²) in [4.78, 5) is 4.05. The molecule has 0 spiro atoms. The molecule has 0 bridgehead atoms. The predicted octanol–water partition coefficient (Wildman–Crippen LogP) is 3.05. The quantitative estimate of drug-likeness (QED) is 0.860. The number of fused-ring (bicyclic) bond motifs is 1. The van der Waals surface area contributed by atoms with Crippen LogP contribution in [0.2, 0.25) is 0 Å². The number of hydrogen-bond acceptors (Lipinski definition) is 4. The van der Waals surface area contributed by atoms with Crippen molar-refractivity contribution in [1.82, 2.24) is 4.98 Å². The van der Waals surface area contributed by atoms with Gasteiger partial charge < -0.3 is 10.6 Å². The second kappa shape index (κ2) is 4.99. The average Bonchev–Trinajstić information content (AvgIpc) is 2.48. The Morgan fingerprint density at radius 2 is 2.26 bits per heavy atom. The molecule has 1 aliphatic rings. The molecule has 94 valence electrons. The van der Waals surface area contributed by atoms with E-state index in [-0.39, 0.29) is 0 Å². The van der Waals surface area contributed by atoms with Gasteiger partial charge in [0.05, 0.1) is 17.4 Å². The molecule has 0 fully saturated rings. The monoisotopic (exact) mass is 250 g/mol. The molecule has 1 aromatic carbocycles. The Bertz CT molecular complexity index is 643. The summed E-state index contributed by atoms with van der Waals surface area (Å²) in [5.41, 5.74) is 4.87. The third-order valence-electron chi connectivity index (χ3n) is 3.26. The number of nitriles is 1. The molecule has 0 atom stereocenters. The summed E-state index contributed by atoms with van der Waals surface area (Å²) in [5.74, 6) is 0. The van der Waals surface area contributed by atoms with E-state index in [4.69, 9.17) is 5.26 Å². The van der Waals surface area contributed by atoms with Gasteiger partial charge in [-0.2, -0.15) is 5.26 Å². The molecule has 4 nitrogen and oxygen atoms in total. The second-order valence-corrected chi connectivity index (χ2v) is 4.56. The fraction of sp³-hybridized carbons (Fsp3) is 0.200. The average molecular weight is 250 g/mol. The van der Waals surface area contributed by atoms with Crippen LogP contribution in [0.4, 0.5) is 17.1 Å². The minimum absolute atomic E-state index is 0.603. The number of rotatable bonds is 2. The van der Waals surface area contributed by atoms with E-state index in [0.29, 0.717) is 5.56 Å². The van der Waals surface area contributed by atoms with E-state index in [9.17, 15) is 0 Å². The molecule has 0 unspecified atom stereocenters. The van der Waals surface area contributed by atoms with Gasteiger partial charge in [0, 0.05) is 24.1 Å². The standard InChI is InChI=1S/C15H14N4/c16-9-12-5-7-17-10-15(12)19-13-3-4-14-11(8-13)2-1-6-18-14/h3-5,7-8,10,18-19H,1-2,6H2. The topological polar surface area (TPSA) is 60.7 Å². The lowest BCUT2D eigenvalue weighted by Crippen LogP contribution is -2.11. The van der Waals surface area contributed by atoms with E-state index < -0.39 is 0 Å². The van der Waals surface area contributed by atoms with Crippen LogP contribution in [0, 0.1) is 11.3 Å². The maximum Gasteiger partial charge on any atom is 0.101 e. The predicted molar refractivity (Wildman–Crippen MR) is 75.5 cm³/mol. The zero-order valence-electron chi connectivity index (χ0n) is 10.5. The SMILES string of the molecule is N#Cc1ccncc1Nc1ccc2c(c1)CCCN2. The van der Waals surface area contributed by atoms with Gasteiger partial charge in [-0.15, -0.1) is 0 Å². The van der Waals surface area contributed by atoms with Crippen LogP contribution >= 0.6 is 0 Å². The van der Waals surface area contributed by atoms with E-state index in [0.717, 1.165) is 30.8 Å². The van der Waals surface area contributed by atoms with Gasteiger partial charge in [0.25, 0.3) is 0 Å². The van der Waals surface area contributed by atoms with E-state index in [1.807, 2.05) is 6.07 Å². The summed E-state index contributed by atoms with van der Waals surface area (Å²) in [6, 6.07) is 10.1. The molecule has 2 aromatic rings. The molecular formula is C15H14N4. The maximum atomic E-state index is 9.06. The number of hydrogen-bond donors (Lipinski definition) is 2. The van der Waals surface area contributed by atoms with Crippen LogP contribution in [-0.2, 0) is 6.42 Å². The van der Waals surface area contributed by atoms with Gasteiger partial charge in [-0.3, -0.25) is 4.98 Å². The Hall–Kier alpha value is -2.54. The molecule has 0 amide bonds. The lowest BCUT2D eigenvalue weighted by atomic mass is 10.0. The lowest BCUT2D eigenvalue weighted by molar-refractivity contribution is 0.830. The van der Waals surface area contributed by atoms with Crippen molar-refractivity contribution >= 4 is 17.1 Å². The van der Waals surface area contributed by atoms with Gasteiger partial charge in [0.15, 0.2) is 0 Å². The third-order valence-corrected chi connectivity index (χ3v) is 3.26. The van der Waals surface area contributed by atoms with E-state index in [1.165, 1.54) is 11.3 Å². The Balaban J connectivity index is 1.89. The highest BCUT2D eigenvalue weighted by Gasteiger charge is 2.09. The molecule has 2 heterocycles. The largest absolute Gasteiger partial charge is 0.385 e. The molecule has 1 aliphatic heterocycles. The molecule has 2 N–H and O–H groups in total. The van der Waals surface area contributed by atoms with Crippen molar-refractivity contribution in [2.24, 2.45) is 0 Å². The van der Waals surface area contributed by atoms with Crippen molar-refractivity contribution in [1.29, 1.82) is 5.26 Å². The number of aromatic nitrogens is 1. The van der Waals surface area contributed by atoms with E-state index >= 15 is 0 Å². The van der Waals surface area contributed by atoms with Crippen LogP contribution in [0.15, 0.2) is 36.7 Å². The summed E-state index contributed by atoms with van der Waals surface area (Å²) in [5, 5.41) is 15.7. The fourth-order valence-corrected chi connectivity index (χ4v) is 2.30. The van der Waals surface area contributed by atoms with Gasteiger partial charge in [-0.1, -0.05) is 0 Å². The summed E-state index contributed by atoms with van der Waals surface area (Å²) in [6.45, 7) is 1.04. The first-order chi connectivity index (χ1) is 9.36. The zero-order chi connectivity index (χ0) is 13.1. The van der Waals surface area contributed by atoms with E-state index in [1.54, 1.807) is 18.5 Å². The molecule has 4 heteroatoms. The Kier molecular flexibility index (Phi) is 3.03. The first-order valence-corrected chi connectivity index (χ1v) is 6.35. The normalized spacial score (nSPS) is 13.0. The highest BCUT2D eigenvalue weighted by Crippen LogP contribution is 2.27. The molecule has 1 aromatic heterocycles. The highest BCUT2D eigenvalue weighted by atomic mass is 14.9. The van der Waals surface area contributed by atoms with Crippen LogP contribution in [0.3, 0.4) is 0 Å². The lowest BCUT2D eigenvalue weighted by Gasteiger charge is -2.19. The Labute approximate surface area is 112 Å². The smallest absolute Gasteiger partial charge is 0.101 e. The van der Waals surface area contributed by atoms with Gasteiger partial charge in [0.2, 0.25) is 0 Å². The van der Waals surface area contributed by atoms with E-state index in [2.05, 4.69) is 33.8 Å². The van der Waals surface area contributed by atoms with Crippen molar-refractivity contribution in [3.05, 3.63) is 47.8 Å². The van der Waals surface area contributed by atoms with Crippen molar-refractivity contribution in [2.45, 2.75) is 12.8 Å². The molecule has 19 heavy (non-hydrogen) atoms. The minimum Gasteiger partial charge on any atom is -0.385 e. The summed E-state index contributed by atoms with van der Waals surface area (Å²) < 4.78 is 0. The second-order valence-electron chi connectivity index (χ2n) is 4.56. The first kappa shape index (κ1) is 11.5. The van der Waals surface area contributed by atoms with Crippen molar-refractivity contribution in [3.63, 3.8) is 0 Å².